The van der Waals surface area contributed by atoms with Crippen molar-refractivity contribution in [3.05, 3.63) is 46.8 Å². The van der Waals surface area contributed by atoms with Gasteiger partial charge in [-0.2, -0.15) is 0 Å². The number of H-pyrrole nitrogens is 1. The molecule has 0 aliphatic carbocycles. The van der Waals surface area contributed by atoms with E-state index in [0.29, 0.717) is 21.0 Å². The lowest BCUT2D eigenvalue weighted by Gasteiger charge is -2.15. The standard InChI is InChI=1S/C18H15ClN4O3S/c1-9(2)23-16(24)14(22-18(23)25)8-11-4-6-15(26-11)27-17-20-12-5-3-10(19)7-13(12)21-17/h3-9H,1-2H3,(H,20,21)(H,22,25). The summed E-state index contributed by atoms with van der Waals surface area (Å²) in [5.74, 6) is 0.0978. The molecule has 7 nitrogen and oxygen atoms in total. The maximum Gasteiger partial charge on any atom is 0.329 e. The van der Waals surface area contributed by atoms with Gasteiger partial charge in [0.2, 0.25) is 0 Å². The van der Waals surface area contributed by atoms with Gasteiger partial charge < -0.3 is 14.7 Å². The second-order valence-electron chi connectivity index (χ2n) is 6.22. The molecular weight excluding hydrogens is 388 g/mol. The lowest BCUT2D eigenvalue weighted by Crippen LogP contribution is -2.36. The number of hydrogen-bond acceptors (Lipinski definition) is 5. The van der Waals surface area contributed by atoms with E-state index in [1.807, 2.05) is 6.07 Å². The Bertz CT molecular complexity index is 1090. The minimum Gasteiger partial charge on any atom is -0.450 e. The van der Waals surface area contributed by atoms with Crippen molar-refractivity contribution in [3.63, 3.8) is 0 Å². The van der Waals surface area contributed by atoms with Crippen molar-refractivity contribution in [2.24, 2.45) is 0 Å². The smallest absolute Gasteiger partial charge is 0.329 e. The van der Waals surface area contributed by atoms with Crippen molar-refractivity contribution in [1.82, 2.24) is 20.2 Å². The van der Waals surface area contributed by atoms with E-state index in [2.05, 4.69) is 15.3 Å². The number of amides is 3. The van der Waals surface area contributed by atoms with Crippen molar-refractivity contribution >= 4 is 52.4 Å². The summed E-state index contributed by atoms with van der Waals surface area (Å²) in [4.78, 5) is 33.0. The molecule has 1 aliphatic heterocycles. The van der Waals surface area contributed by atoms with E-state index in [-0.39, 0.29) is 17.6 Å². The monoisotopic (exact) mass is 402 g/mol. The molecule has 0 bridgehead atoms. The second-order valence-corrected chi connectivity index (χ2v) is 7.65. The summed E-state index contributed by atoms with van der Waals surface area (Å²) in [6, 6.07) is 8.29. The maximum atomic E-state index is 12.3. The summed E-state index contributed by atoms with van der Waals surface area (Å²) in [5, 5.41) is 4.46. The normalized spacial score (nSPS) is 16.1. The zero-order valence-corrected chi connectivity index (χ0v) is 16.0. The molecule has 1 aromatic carbocycles. The van der Waals surface area contributed by atoms with Crippen LogP contribution in [0.4, 0.5) is 4.79 Å². The van der Waals surface area contributed by atoms with Gasteiger partial charge in [0.1, 0.15) is 11.5 Å². The van der Waals surface area contributed by atoms with Crippen LogP contribution in [-0.2, 0) is 4.79 Å². The Labute approximate surface area is 163 Å². The Hall–Kier alpha value is -2.71. The first-order valence-corrected chi connectivity index (χ1v) is 9.39. The first-order chi connectivity index (χ1) is 12.9. The van der Waals surface area contributed by atoms with Crippen LogP contribution in [0.2, 0.25) is 5.02 Å². The highest BCUT2D eigenvalue weighted by Gasteiger charge is 2.35. The molecule has 9 heteroatoms. The minimum absolute atomic E-state index is 0.193. The third kappa shape index (κ3) is 3.45. The molecule has 2 aromatic heterocycles. The van der Waals surface area contributed by atoms with Gasteiger partial charge in [-0.05, 0) is 55.9 Å². The van der Waals surface area contributed by atoms with Gasteiger partial charge >= 0.3 is 6.03 Å². The molecule has 1 aliphatic rings. The van der Waals surface area contributed by atoms with Gasteiger partial charge in [0.25, 0.3) is 5.91 Å². The number of rotatable bonds is 4. The molecule has 0 atom stereocenters. The van der Waals surface area contributed by atoms with Crippen molar-refractivity contribution < 1.29 is 14.0 Å². The van der Waals surface area contributed by atoms with Crippen LogP contribution in [0.15, 0.2) is 50.7 Å². The molecule has 27 heavy (non-hydrogen) atoms. The third-order valence-electron chi connectivity index (χ3n) is 3.93. The van der Waals surface area contributed by atoms with E-state index in [9.17, 15) is 9.59 Å². The highest BCUT2D eigenvalue weighted by molar-refractivity contribution is 7.99. The van der Waals surface area contributed by atoms with E-state index in [4.69, 9.17) is 16.0 Å². The number of aromatic amines is 1. The Kier molecular flexibility index (Phi) is 4.45. The van der Waals surface area contributed by atoms with Crippen molar-refractivity contribution in [2.45, 2.75) is 30.1 Å². The van der Waals surface area contributed by atoms with Crippen LogP contribution in [0.25, 0.3) is 17.1 Å². The van der Waals surface area contributed by atoms with Gasteiger partial charge in [-0.25, -0.2) is 9.78 Å². The molecule has 0 spiro atoms. The number of imidazole rings is 1. The highest BCUT2D eigenvalue weighted by atomic mass is 35.5. The summed E-state index contributed by atoms with van der Waals surface area (Å²) >= 11 is 7.30. The molecule has 3 aromatic rings. The fourth-order valence-electron chi connectivity index (χ4n) is 2.73. The first kappa shape index (κ1) is 17.7. The zero-order valence-electron chi connectivity index (χ0n) is 14.4. The predicted octanol–water partition coefficient (Wildman–Crippen LogP) is 4.26. The van der Waals surface area contributed by atoms with Crippen molar-refractivity contribution in [1.29, 1.82) is 0 Å². The molecule has 0 saturated carbocycles. The molecule has 3 amide bonds. The van der Waals surface area contributed by atoms with Gasteiger partial charge in [-0.1, -0.05) is 11.6 Å². The van der Waals surface area contributed by atoms with Crippen LogP contribution in [0.1, 0.15) is 19.6 Å². The van der Waals surface area contributed by atoms with Gasteiger partial charge in [0.15, 0.2) is 10.2 Å². The van der Waals surface area contributed by atoms with E-state index < -0.39 is 6.03 Å². The maximum absolute atomic E-state index is 12.3. The number of nitrogens with zero attached hydrogens (tertiary/aromatic N) is 2. The number of aromatic nitrogens is 2. The number of carbonyl (C=O) groups is 2. The summed E-state index contributed by atoms with van der Waals surface area (Å²) in [6.07, 6.45) is 1.52. The fraction of sp³-hybridized carbons (Fsp3) is 0.167. The fourth-order valence-corrected chi connectivity index (χ4v) is 3.67. The molecule has 4 rings (SSSR count). The number of fused-ring (bicyclic) bond motifs is 1. The largest absolute Gasteiger partial charge is 0.450 e. The SMILES string of the molecule is CC(C)N1C(=O)NC(=Cc2ccc(Sc3nc4ccc(Cl)cc4[nH]3)o2)C1=O. The Morgan fingerprint density at radius 1 is 1.26 bits per heavy atom. The predicted molar refractivity (Wildman–Crippen MR) is 102 cm³/mol. The lowest BCUT2D eigenvalue weighted by molar-refractivity contribution is -0.123. The van der Waals surface area contributed by atoms with Gasteiger partial charge in [-0.15, -0.1) is 0 Å². The summed E-state index contributed by atoms with van der Waals surface area (Å²) < 4.78 is 5.73. The summed E-state index contributed by atoms with van der Waals surface area (Å²) in [7, 11) is 0. The molecule has 1 saturated heterocycles. The number of halogens is 1. The Morgan fingerprint density at radius 3 is 2.81 bits per heavy atom. The summed E-state index contributed by atoms with van der Waals surface area (Å²) in [5.41, 5.74) is 1.84. The summed E-state index contributed by atoms with van der Waals surface area (Å²) in [6.45, 7) is 3.56. The van der Waals surface area contributed by atoms with Crippen LogP contribution in [0.3, 0.4) is 0 Å². The average Bonchev–Trinajstić information content (AvgIpc) is 3.26. The van der Waals surface area contributed by atoms with Gasteiger partial charge in [0, 0.05) is 17.1 Å². The molecular formula is C18H15ClN4O3S. The second kappa shape index (κ2) is 6.79. The van der Waals surface area contributed by atoms with E-state index in [1.165, 1.54) is 22.7 Å². The van der Waals surface area contributed by atoms with E-state index >= 15 is 0 Å². The lowest BCUT2D eigenvalue weighted by atomic mass is 10.3. The molecule has 1 fully saturated rings. The average molecular weight is 403 g/mol. The number of carbonyl (C=O) groups excluding carboxylic acids is 2. The molecule has 2 N–H and O–H groups in total. The van der Waals surface area contributed by atoms with Crippen LogP contribution < -0.4 is 5.32 Å². The molecule has 0 radical (unpaired) electrons. The minimum atomic E-state index is -0.427. The molecule has 0 unspecified atom stereocenters. The first-order valence-electron chi connectivity index (χ1n) is 8.20. The molecule has 138 valence electrons. The molecule has 3 heterocycles. The topological polar surface area (TPSA) is 91.2 Å². The number of urea groups is 1. The zero-order chi connectivity index (χ0) is 19.1. The van der Waals surface area contributed by atoms with Crippen LogP contribution in [0.5, 0.6) is 0 Å². The number of benzene rings is 1. The number of hydrogen-bond donors (Lipinski definition) is 2. The number of nitrogens with one attached hydrogen (secondary N) is 2. The number of imide groups is 1. The Morgan fingerprint density at radius 2 is 2.07 bits per heavy atom. The van der Waals surface area contributed by atoms with Gasteiger partial charge in [0.05, 0.1) is 11.0 Å². The quantitative estimate of drug-likeness (QED) is 0.502. The van der Waals surface area contributed by atoms with Gasteiger partial charge in [-0.3, -0.25) is 9.69 Å². The highest BCUT2D eigenvalue weighted by Crippen LogP contribution is 2.30. The Balaban J connectivity index is 1.53. The van der Waals surface area contributed by atoms with Crippen LogP contribution in [0, 0.1) is 0 Å². The number of furan rings is 1. The van der Waals surface area contributed by atoms with Crippen LogP contribution in [-0.4, -0.2) is 32.8 Å². The van der Waals surface area contributed by atoms with E-state index in [1.54, 1.807) is 38.1 Å². The third-order valence-corrected chi connectivity index (χ3v) is 4.98. The van der Waals surface area contributed by atoms with Crippen LogP contribution >= 0.6 is 23.4 Å². The van der Waals surface area contributed by atoms with E-state index in [0.717, 1.165) is 11.0 Å². The van der Waals surface area contributed by atoms with Crippen molar-refractivity contribution in [3.8, 4) is 0 Å². The van der Waals surface area contributed by atoms with Crippen molar-refractivity contribution in [2.75, 3.05) is 0 Å².